The second kappa shape index (κ2) is 5.13. The lowest BCUT2D eigenvalue weighted by molar-refractivity contribution is 0.172. The van der Waals surface area contributed by atoms with Crippen LogP contribution in [0.2, 0.25) is 0 Å². The number of carboxylic acid groups (broad SMARTS) is 1. The third kappa shape index (κ3) is 2.60. The summed E-state index contributed by atoms with van der Waals surface area (Å²) in [6, 6.07) is 5.05. The Kier molecular flexibility index (Phi) is 3.67. The van der Waals surface area contributed by atoms with Crippen LogP contribution in [0.3, 0.4) is 0 Å². The standard InChI is InChI=1S/C14H19N3O3/c1-14(2,3)12(16-13(19)20)11-9(8-18)15-10-6-4-5-7-17(10)11/h4-7,12,16,18H,8H2,1-3H3,(H,19,20). The molecule has 0 saturated heterocycles. The molecule has 0 fully saturated rings. The third-order valence-corrected chi connectivity index (χ3v) is 3.20. The average molecular weight is 277 g/mol. The number of amides is 1. The predicted molar refractivity (Wildman–Crippen MR) is 74.5 cm³/mol. The molecule has 1 amide bonds. The zero-order valence-corrected chi connectivity index (χ0v) is 11.8. The van der Waals surface area contributed by atoms with Crippen molar-refractivity contribution in [2.24, 2.45) is 5.41 Å². The van der Waals surface area contributed by atoms with E-state index in [2.05, 4.69) is 10.3 Å². The van der Waals surface area contributed by atoms with Crippen LogP contribution in [-0.2, 0) is 6.61 Å². The normalized spacial score (nSPS) is 13.4. The van der Waals surface area contributed by atoms with E-state index < -0.39 is 12.1 Å². The Bertz CT molecular complexity index is 628. The molecule has 0 aromatic carbocycles. The minimum Gasteiger partial charge on any atom is -0.465 e. The van der Waals surface area contributed by atoms with Crippen LogP contribution in [0.1, 0.15) is 38.2 Å². The summed E-state index contributed by atoms with van der Waals surface area (Å²) in [6.45, 7) is 5.59. The van der Waals surface area contributed by atoms with Gasteiger partial charge in [0.1, 0.15) is 5.65 Å². The fourth-order valence-corrected chi connectivity index (χ4v) is 2.30. The van der Waals surface area contributed by atoms with E-state index in [0.717, 1.165) is 0 Å². The smallest absolute Gasteiger partial charge is 0.405 e. The van der Waals surface area contributed by atoms with Crippen molar-refractivity contribution in [2.75, 3.05) is 0 Å². The fourth-order valence-electron chi connectivity index (χ4n) is 2.30. The van der Waals surface area contributed by atoms with Gasteiger partial charge in [-0.25, -0.2) is 9.78 Å². The highest BCUT2D eigenvalue weighted by Gasteiger charge is 2.32. The van der Waals surface area contributed by atoms with Gasteiger partial charge in [0, 0.05) is 6.20 Å². The number of carbonyl (C=O) groups is 1. The Hall–Kier alpha value is -2.08. The number of imidazole rings is 1. The minimum atomic E-state index is -1.10. The fraction of sp³-hybridized carbons (Fsp3) is 0.429. The molecule has 1 unspecified atom stereocenters. The molecule has 0 aliphatic carbocycles. The Morgan fingerprint density at radius 1 is 1.45 bits per heavy atom. The van der Waals surface area contributed by atoms with Crippen LogP contribution in [0.25, 0.3) is 5.65 Å². The molecule has 0 radical (unpaired) electrons. The lowest BCUT2D eigenvalue weighted by Gasteiger charge is -2.31. The summed E-state index contributed by atoms with van der Waals surface area (Å²) in [5, 5.41) is 21.1. The third-order valence-electron chi connectivity index (χ3n) is 3.20. The second-order valence-electron chi connectivity index (χ2n) is 5.78. The van der Waals surface area contributed by atoms with Gasteiger partial charge in [-0.1, -0.05) is 26.8 Å². The van der Waals surface area contributed by atoms with Crippen molar-refractivity contribution in [1.82, 2.24) is 14.7 Å². The number of nitrogens with zero attached hydrogens (tertiary/aromatic N) is 2. The molecule has 1 atom stereocenters. The molecule has 20 heavy (non-hydrogen) atoms. The second-order valence-corrected chi connectivity index (χ2v) is 5.78. The summed E-state index contributed by atoms with van der Waals surface area (Å²) in [5.74, 6) is 0. The molecule has 3 N–H and O–H groups in total. The van der Waals surface area contributed by atoms with Crippen LogP contribution in [0.4, 0.5) is 4.79 Å². The maximum absolute atomic E-state index is 11.1. The van der Waals surface area contributed by atoms with Gasteiger partial charge >= 0.3 is 6.09 Å². The molecule has 2 aromatic heterocycles. The number of nitrogens with one attached hydrogen (secondary N) is 1. The molecule has 0 aliphatic heterocycles. The van der Waals surface area contributed by atoms with E-state index in [1.807, 2.05) is 49.6 Å². The largest absolute Gasteiger partial charge is 0.465 e. The maximum atomic E-state index is 11.1. The van der Waals surface area contributed by atoms with E-state index in [0.29, 0.717) is 17.0 Å². The van der Waals surface area contributed by atoms with Crippen LogP contribution in [0, 0.1) is 5.41 Å². The monoisotopic (exact) mass is 277 g/mol. The Labute approximate surface area is 117 Å². The molecular weight excluding hydrogens is 258 g/mol. The van der Waals surface area contributed by atoms with Gasteiger partial charge < -0.3 is 19.9 Å². The molecule has 0 bridgehead atoms. The van der Waals surface area contributed by atoms with Crippen molar-refractivity contribution in [3.8, 4) is 0 Å². The van der Waals surface area contributed by atoms with Gasteiger partial charge in [-0.3, -0.25) is 0 Å². The van der Waals surface area contributed by atoms with Crippen molar-refractivity contribution < 1.29 is 15.0 Å². The van der Waals surface area contributed by atoms with Crippen molar-refractivity contribution in [3.05, 3.63) is 35.8 Å². The quantitative estimate of drug-likeness (QED) is 0.802. The number of aliphatic hydroxyl groups is 1. The highest BCUT2D eigenvalue weighted by molar-refractivity contribution is 5.65. The summed E-state index contributed by atoms with van der Waals surface area (Å²) in [6.07, 6.45) is 0.721. The summed E-state index contributed by atoms with van der Waals surface area (Å²) in [5.41, 5.74) is 1.50. The van der Waals surface area contributed by atoms with Crippen LogP contribution in [0.15, 0.2) is 24.4 Å². The van der Waals surface area contributed by atoms with E-state index in [-0.39, 0.29) is 12.0 Å². The number of hydrogen-bond donors (Lipinski definition) is 3. The lowest BCUT2D eigenvalue weighted by atomic mass is 9.84. The summed E-state index contributed by atoms with van der Waals surface area (Å²) < 4.78 is 1.82. The number of fused-ring (bicyclic) bond motifs is 1. The SMILES string of the molecule is CC(C)(C)C(NC(=O)O)c1c(CO)nc2ccccn12. The molecular formula is C14H19N3O3. The van der Waals surface area contributed by atoms with E-state index in [4.69, 9.17) is 5.11 Å². The first-order valence-corrected chi connectivity index (χ1v) is 6.40. The highest BCUT2D eigenvalue weighted by Crippen LogP contribution is 2.35. The maximum Gasteiger partial charge on any atom is 0.405 e. The highest BCUT2D eigenvalue weighted by atomic mass is 16.4. The molecule has 0 aliphatic rings. The van der Waals surface area contributed by atoms with E-state index in [1.54, 1.807) is 0 Å². The Balaban J connectivity index is 2.65. The predicted octanol–water partition coefficient (Wildman–Crippen LogP) is 2.18. The topological polar surface area (TPSA) is 86.9 Å². The first-order valence-electron chi connectivity index (χ1n) is 6.40. The first-order chi connectivity index (χ1) is 9.34. The van der Waals surface area contributed by atoms with Crippen LogP contribution in [0.5, 0.6) is 0 Å². The summed E-state index contributed by atoms with van der Waals surface area (Å²) in [7, 11) is 0. The number of aromatic nitrogens is 2. The molecule has 6 nitrogen and oxygen atoms in total. The molecule has 0 spiro atoms. The first kappa shape index (κ1) is 14.3. The zero-order chi connectivity index (χ0) is 14.9. The molecule has 108 valence electrons. The van der Waals surface area contributed by atoms with Crippen LogP contribution >= 0.6 is 0 Å². The minimum absolute atomic E-state index is 0.231. The number of rotatable bonds is 3. The summed E-state index contributed by atoms with van der Waals surface area (Å²) >= 11 is 0. The van der Waals surface area contributed by atoms with Gasteiger partial charge in [0.2, 0.25) is 0 Å². The molecule has 0 saturated carbocycles. The van der Waals surface area contributed by atoms with Crippen molar-refractivity contribution in [3.63, 3.8) is 0 Å². The van der Waals surface area contributed by atoms with Crippen molar-refractivity contribution in [2.45, 2.75) is 33.4 Å². The van der Waals surface area contributed by atoms with Crippen LogP contribution < -0.4 is 5.32 Å². The average Bonchev–Trinajstić information content (AvgIpc) is 2.72. The van der Waals surface area contributed by atoms with Gasteiger partial charge in [-0.05, 0) is 17.5 Å². The lowest BCUT2D eigenvalue weighted by Crippen LogP contribution is -2.37. The van der Waals surface area contributed by atoms with E-state index in [1.165, 1.54) is 0 Å². The van der Waals surface area contributed by atoms with Crippen molar-refractivity contribution in [1.29, 1.82) is 0 Å². The molecule has 2 rings (SSSR count). The van der Waals surface area contributed by atoms with E-state index >= 15 is 0 Å². The van der Waals surface area contributed by atoms with E-state index in [9.17, 15) is 9.90 Å². The zero-order valence-electron chi connectivity index (χ0n) is 11.8. The van der Waals surface area contributed by atoms with Crippen LogP contribution in [-0.4, -0.2) is 25.7 Å². The van der Waals surface area contributed by atoms with Crippen molar-refractivity contribution >= 4 is 11.7 Å². The Morgan fingerprint density at radius 2 is 2.15 bits per heavy atom. The number of hydrogen-bond acceptors (Lipinski definition) is 3. The van der Waals surface area contributed by atoms with Gasteiger partial charge in [-0.15, -0.1) is 0 Å². The molecule has 2 heterocycles. The van der Waals surface area contributed by atoms with Gasteiger partial charge in [0.25, 0.3) is 0 Å². The van der Waals surface area contributed by atoms with Gasteiger partial charge in [0.15, 0.2) is 0 Å². The van der Waals surface area contributed by atoms with Gasteiger partial charge in [0.05, 0.1) is 24.0 Å². The molecule has 6 heteroatoms. The molecule has 2 aromatic rings. The number of aliphatic hydroxyl groups excluding tert-OH is 1. The number of pyridine rings is 1. The Morgan fingerprint density at radius 3 is 2.70 bits per heavy atom. The summed E-state index contributed by atoms with van der Waals surface area (Å²) in [4.78, 5) is 15.4. The van der Waals surface area contributed by atoms with Gasteiger partial charge in [-0.2, -0.15) is 0 Å².